The van der Waals surface area contributed by atoms with Crippen LogP contribution in [0.2, 0.25) is 0 Å². The molecule has 0 radical (unpaired) electrons. The van der Waals surface area contributed by atoms with E-state index in [-0.39, 0.29) is 5.91 Å². The van der Waals surface area contributed by atoms with Gasteiger partial charge in [0, 0.05) is 24.3 Å². The highest BCUT2D eigenvalue weighted by Gasteiger charge is 2.11. The molecule has 1 amide bonds. The lowest BCUT2D eigenvalue weighted by molar-refractivity contribution is 0.0952. The molecular weight excluding hydrogens is 274 g/mol. The number of nitrogens with zero attached hydrogens (tertiary/aromatic N) is 2. The minimum absolute atomic E-state index is 0.0251. The van der Waals surface area contributed by atoms with Crippen LogP contribution in [0.4, 0.5) is 0 Å². The second-order valence-electron chi connectivity index (χ2n) is 5.92. The van der Waals surface area contributed by atoms with Crippen molar-refractivity contribution in [2.45, 2.75) is 25.7 Å². The third-order valence-corrected chi connectivity index (χ3v) is 4.30. The van der Waals surface area contributed by atoms with Crippen LogP contribution in [0.15, 0.2) is 36.7 Å². The minimum Gasteiger partial charge on any atom is -0.352 e. The predicted octanol–water partition coefficient (Wildman–Crippen LogP) is 2.84. The number of nitrogens with one attached hydrogen (secondary N) is 1. The van der Waals surface area contributed by atoms with Gasteiger partial charge in [-0.15, -0.1) is 0 Å². The molecule has 0 saturated carbocycles. The van der Waals surface area contributed by atoms with Crippen LogP contribution < -0.4 is 5.32 Å². The van der Waals surface area contributed by atoms with Gasteiger partial charge in [0.15, 0.2) is 0 Å². The quantitative estimate of drug-likeness (QED) is 0.863. The highest BCUT2D eigenvalue weighted by molar-refractivity contribution is 6.06. The predicted molar refractivity (Wildman–Crippen MR) is 89.0 cm³/mol. The summed E-state index contributed by atoms with van der Waals surface area (Å²) < 4.78 is 0. The summed E-state index contributed by atoms with van der Waals surface area (Å²) >= 11 is 0. The van der Waals surface area contributed by atoms with Gasteiger partial charge in [-0.25, -0.2) is 0 Å². The monoisotopic (exact) mass is 297 g/mol. The highest BCUT2D eigenvalue weighted by atomic mass is 16.1. The summed E-state index contributed by atoms with van der Waals surface area (Å²) in [6.07, 6.45) is 8.44. The first-order chi connectivity index (χ1) is 10.8. The standard InChI is InChI=1S/C18H23N3O/c22-18(20-9-6-12-21-10-4-1-5-11-21)17-14-19-13-15-7-2-3-8-16(15)17/h2-3,7-8,13-14H,1,4-6,9-12H2,(H,20,22). The second-order valence-corrected chi connectivity index (χ2v) is 5.92. The van der Waals surface area contributed by atoms with Crippen molar-refractivity contribution < 1.29 is 4.79 Å². The van der Waals surface area contributed by atoms with E-state index in [1.807, 2.05) is 24.3 Å². The maximum atomic E-state index is 12.3. The summed E-state index contributed by atoms with van der Waals surface area (Å²) in [6, 6.07) is 7.87. The van der Waals surface area contributed by atoms with Crippen LogP contribution in [-0.4, -0.2) is 42.0 Å². The molecule has 1 N–H and O–H groups in total. The van der Waals surface area contributed by atoms with Gasteiger partial charge in [-0.05, 0) is 44.3 Å². The summed E-state index contributed by atoms with van der Waals surface area (Å²) in [5.41, 5.74) is 0.663. The molecule has 0 aliphatic carbocycles. The number of pyridine rings is 1. The number of fused-ring (bicyclic) bond motifs is 1. The molecule has 0 atom stereocenters. The van der Waals surface area contributed by atoms with Crippen LogP contribution >= 0.6 is 0 Å². The Bertz CT molecular complexity index is 630. The van der Waals surface area contributed by atoms with Gasteiger partial charge in [-0.1, -0.05) is 30.7 Å². The van der Waals surface area contributed by atoms with E-state index >= 15 is 0 Å². The van der Waals surface area contributed by atoms with E-state index in [0.29, 0.717) is 5.56 Å². The summed E-state index contributed by atoms with van der Waals surface area (Å²) in [7, 11) is 0. The topological polar surface area (TPSA) is 45.2 Å². The first-order valence-corrected chi connectivity index (χ1v) is 8.18. The molecule has 116 valence electrons. The number of amides is 1. The number of benzene rings is 1. The molecule has 0 unspecified atom stereocenters. The normalized spacial score (nSPS) is 15.8. The minimum atomic E-state index is -0.0251. The first-order valence-electron chi connectivity index (χ1n) is 8.18. The first kappa shape index (κ1) is 15.0. The highest BCUT2D eigenvalue weighted by Crippen LogP contribution is 2.16. The molecular formula is C18H23N3O. The molecule has 4 heteroatoms. The van der Waals surface area contributed by atoms with Gasteiger partial charge in [0.2, 0.25) is 0 Å². The molecule has 3 rings (SSSR count). The Morgan fingerprint density at radius 1 is 1.14 bits per heavy atom. The van der Waals surface area contributed by atoms with Gasteiger partial charge < -0.3 is 10.2 Å². The van der Waals surface area contributed by atoms with Gasteiger partial charge in [0.1, 0.15) is 0 Å². The lowest BCUT2D eigenvalue weighted by atomic mass is 10.1. The van der Waals surface area contributed by atoms with E-state index in [0.717, 1.165) is 30.3 Å². The Labute approximate surface area is 131 Å². The molecule has 0 bridgehead atoms. The second kappa shape index (κ2) is 7.36. The van der Waals surface area contributed by atoms with Gasteiger partial charge in [-0.3, -0.25) is 9.78 Å². The Morgan fingerprint density at radius 2 is 1.95 bits per heavy atom. The Kier molecular flexibility index (Phi) is 5.01. The van der Waals surface area contributed by atoms with Crippen LogP contribution in [0.1, 0.15) is 36.0 Å². The Hall–Kier alpha value is -1.94. The SMILES string of the molecule is O=C(NCCCN1CCCCC1)c1cncc2ccccc12. The lowest BCUT2D eigenvalue weighted by Gasteiger charge is -2.26. The van der Waals surface area contributed by atoms with Crippen molar-refractivity contribution in [1.29, 1.82) is 0 Å². The molecule has 1 aromatic carbocycles. The van der Waals surface area contributed by atoms with E-state index in [9.17, 15) is 4.79 Å². The molecule has 2 aromatic rings. The summed E-state index contributed by atoms with van der Waals surface area (Å²) in [4.78, 5) is 19.0. The van der Waals surface area contributed by atoms with Crippen molar-refractivity contribution in [3.05, 3.63) is 42.2 Å². The van der Waals surface area contributed by atoms with E-state index in [1.54, 1.807) is 12.4 Å². The molecule has 1 aliphatic heterocycles. The van der Waals surface area contributed by atoms with Gasteiger partial charge >= 0.3 is 0 Å². The van der Waals surface area contributed by atoms with Crippen molar-refractivity contribution in [2.24, 2.45) is 0 Å². The van der Waals surface area contributed by atoms with E-state index in [2.05, 4.69) is 15.2 Å². The van der Waals surface area contributed by atoms with Crippen LogP contribution in [0.5, 0.6) is 0 Å². The third-order valence-electron chi connectivity index (χ3n) is 4.30. The largest absolute Gasteiger partial charge is 0.352 e. The zero-order valence-corrected chi connectivity index (χ0v) is 12.9. The van der Waals surface area contributed by atoms with E-state index in [1.165, 1.54) is 32.4 Å². The average molecular weight is 297 g/mol. The maximum Gasteiger partial charge on any atom is 0.253 e. The van der Waals surface area contributed by atoms with Crippen molar-refractivity contribution in [3.8, 4) is 0 Å². The summed E-state index contributed by atoms with van der Waals surface area (Å²) in [5, 5.41) is 4.99. The lowest BCUT2D eigenvalue weighted by Crippen LogP contribution is -2.33. The number of rotatable bonds is 5. The van der Waals surface area contributed by atoms with Crippen molar-refractivity contribution in [3.63, 3.8) is 0 Å². The molecule has 1 aromatic heterocycles. The van der Waals surface area contributed by atoms with Crippen LogP contribution in [-0.2, 0) is 0 Å². The molecule has 1 saturated heterocycles. The average Bonchev–Trinajstić information content (AvgIpc) is 2.59. The number of carbonyl (C=O) groups is 1. The summed E-state index contributed by atoms with van der Waals surface area (Å²) in [6.45, 7) is 4.22. The van der Waals surface area contributed by atoms with Gasteiger partial charge in [0.05, 0.1) is 5.56 Å². The Balaban J connectivity index is 1.53. The van der Waals surface area contributed by atoms with Crippen LogP contribution in [0.3, 0.4) is 0 Å². The van der Waals surface area contributed by atoms with Crippen molar-refractivity contribution in [2.75, 3.05) is 26.2 Å². The summed E-state index contributed by atoms with van der Waals surface area (Å²) in [5.74, 6) is -0.0251. The van der Waals surface area contributed by atoms with Gasteiger partial charge in [0.25, 0.3) is 5.91 Å². The van der Waals surface area contributed by atoms with Gasteiger partial charge in [-0.2, -0.15) is 0 Å². The number of piperidine rings is 1. The molecule has 2 heterocycles. The number of carbonyl (C=O) groups excluding carboxylic acids is 1. The van der Waals surface area contributed by atoms with Crippen molar-refractivity contribution in [1.82, 2.24) is 15.2 Å². The fourth-order valence-electron chi connectivity index (χ4n) is 3.08. The molecule has 22 heavy (non-hydrogen) atoms. The molecule has 1 aliphatic rings. The zero-order valence-electron chi connectivity index (χ0n) is 12.9. The molecule has 4 nitrogen and oxygen atoms in total. The number of hydrogen-bond donors (Lipinski definition) is 1. The fraction of sp³-hybridized carbons (Fsp3) is 0.444. The van der Waals surface area contributed by atoms with Crippen LogP contribution in [0.25, 0.3) is 10.8 Å². The van der Waals surface area contributed by atoms with Crippen molar-refractivity contribution >= 4 is 16.7 Å². The zero-order chi connectivity index (χ0) is 15.2. The van der Waals surface area contributed by atoms with E-state index in [4.69, 9.17) is 0 Å². The smallest absolute Gasteiger partial charge is 0.253 e. The molecule has 0 spiro atoms. The number of aromatic nitrogens is 1. The molecule has 1 fully saturated rings. The third kappa shape index (κ3) is 3.63. The number of likely N-dealkylation sites (tertiary alicyclic amines) is 1. The fourth-order valence-corrected chi connectivity index (χ4v) is 3.08. The number of hydrogen-bond acceptors (Lipinski definition) is 3. The Morgan fingerprint density at radius 3 is 2.82 bits per heavy atom. The maximum absolute atomic E-state index is 12.3. The van der Waals surface area contributed by atoms with E-state index < -0.39 is 0 Å². The van der Waals surface area contributed by atoms with Crippen LogP contribution in [0, 0.1) is 0 Å².